The minimum absolute atomic E-state index is 0.470. The maximum atomic E-state index is 13.3. The molecule has 0 aliphatic rings. The van der Waals surface area contributed by atoms with Crippen LogP contribution in [0.1, 0.15) is 0 Å². The molecule has 0 spiro atoms. The summed E-state index contributed by atoms with van der Waals surface area (Å²) in [5.74, 6) is -1.95. The Morgan fingerprint density at radius 3 is 2.35 bits per heavy atom. The molecule has 0 saturated heterocycles. The summed E-state index contributed by atoms with van der Waals surface area (Å²) in [6.07, 6.45) is 0. The van der Waals surface area contributed by atoms with Crippen LogP contribution in [0.25, 0.3) is 0 Å². The van der Waals surface area contributed by atoms with E-state index < -0.39 is 53.7 Å². The molecule has 112 valence electrons. The second kappa shape index (κ2) is 5.78. The van der Waals surface area contributed by atoms with Crippen LogP contribution in [0, 0.1) is 15.9 Å². The second-order valence-electron chi connectivity index (χ2n) is 3.64. The van der Waals surface area contributed by atoms with Gasteiger partial charge in [-0.2, -0.15) is 4.39 Å². The van der Waals surface area contributed by atoms with Gasteiger partial charge in [0.1, 0.15) is 0 Å². The van der Waals surface area contributed by atoms with Crippen LogP contribution < -0.4 is 9.86 Å². The van der Waals surface area contributed by atoms with Gasteiger partial charge >= 0.3 is 5.69 Å². The molecule has 9 nitrogen and oxygen atoms in total. The Hall–Kier alpha value is -1.63. The number of nitrogens with two attached hydrogens (primary N) is 1. The van der Waals surface area contributed by atoms with E-state index in [4.69, 9.17) is 0 Å². The van der Waals surface area contributed by atoms with Crippen LogP contribution in [0.2, 0.25) is 0 Å². The molecule has 0 radical (unpaired) electrons. The van der Waals surface area contributed by atoms with Gasteiger partial charge in [0, 0.05) is 18.7 Å². The molecule has 0 heterocycles. The van der Waals surface area contributed by atoms with Crippen molar-refractivity contribution in [2.24, 2.45) is 5.14 Å². The van der Waals surface area contributed by atoms with Crippen molar-refractivity contribution in [3.05, 3.63) is 34.1 Å². The van der Waals surface area contributed by atoms with Crippen LogP contribution in [0.5, 0.6) is 0 Å². The zero-order chi connectivity index (χ0) is 15.6. The van der Waals surface area contributed by atoms with Gasteiger partial charge in [0.25, 0.3) is 0 Å². The highest BCUT2D eigenvalue weighted by atomic mass is 32.2. The molecule has 0 saturated carbocycles. The number of sulfonamides is 2. The van der Waals surface area contributed by atoms with Gasteiger partial charge < -0.3 is 0 Å². The summed E-state index contributed by atoms with van der Waals surface area (Å²) in [5, 5.41) is 15.1. The number of nitro groups is 1. The predicted octanol–water partition coefficient (Wildman–Crippen LogP) is -0.699. The fourth-order valence-corrected chi connectivity index (χ4v) is 2.76. The van der Waals surface area contributed by atoms with Crippen LogP contribution in [-0.2, 0) is 20.0 Å². The number of halogens is 1. The number of nitrogens with one attached hydrogen (secondary N) is 1. The summed E-state index contributed by atoms with van der Waals surface area (Å²) in [4.78, 5) is 8.83. The van der Waals surface area contributed by atoms with E-state index in [-0.39, 0.29) is 0 Å². The van der Waals surface area contributed by atoms with Crippen LogP contribution in [-0.4, -0.2) is 34.1 Å². The van der Waals surface area contributed by atoms with Crippen LogP contribution in [0.3, 0.4) is 0 Å². The maximum absolute atomic E-state index is 13.3. The molecule has 0 fully saturated rings. The summed E-state index contributed by atoms with van der Waals surface area (Å²) in [5.41, 5.74) is -0.867. The SMILES string of the molecule is NS(=O)(=O)CCNS(=O)(=O)c1ccc([N+](=O)[O-])c(F)c1. The first-order valence-corrected chi connectivity index (χ1v) is 8.17. The van der Waals surface area contributed by atoms with E-state index in [0.29, 0.717) is 12.1 Å². The monoisotopic (exact) mass is 327 g/mol. The largest absolute Gasteiger partial charge is 0.304 e. The zero-order valence-corrected chi connectivity index (χ0v) is 11.4. The normalized spacial score (nSPS) is 12.3. The maximum Gasteiger partial charge on any atom is 0.304 e. The van der Waals surface area contributed by atoms with Gasteiger partial charge in [-0.3, -0.25) is 10.1 Å². The minimum atomic E-state index is -4.18. The highest BCUT2D eigenvalue weighted by Crippen LogP contribution is 2.20. The van der Waals surface area contributed by atoms with E-state index in [1.54, 1.807) is 0 Å². The average Bonchev–Trinajstić information content (AvgIpc) is 2.26. The highest BCUT2D eigenvalue weighted by molar-refractivity contribution is 7.90. The van der Waals surface area contributed by atoms with Gasteiger partial charge in [0.2, 0.25) is 25.9 Å². The third kappa shape index (κ3) is 4.48. The van der Waals surface area contributed by atoms with E-state index in [1.165, 1.54) is 0 Å². The summed E-state index contributed by atoms with van der Waals surface area (Å²) in [6.45, 7) is -0.500. The number of rotatable bonds is 6. The molecule has 0 aliphatic heterocycles. The number of hydrogen-bond donors (Lipinski definition) is 2. The molecular weight excluding hydrogens is 317 g/mol. The molecule has 12 heteroatoms. The second-order valence-corrected chi connectivity index (χ2v) is 7.14. The Kier molecular flexibility index (Phi) is 4.75. The lowest BCUT2D eigenvalue weighted by atomic mass is 10.3. The topological polar surface area (TPSA) is 149 Å². The van der Waals surface area contributed by atoms with E-state index in [2.05, 4.69) is 5.14 Å². The minimum Gasteiger partial charge on any atom is -0.258 e. The lowest BCUT2D eigenvalue weighted by Crippen LogP contribution is -2.31. The van der Waals surface area contributed by atoms with Gasteiger partial charge in [0.05, 0.1) is 15.6 Å². The lowest BCUT2D eigenvalue weighted by Gasteiger charge is -2.06. The van der Waals surface area contributed by atoms with E-state index in [1.807, 2.05) is 4.72 Å². The molecule has 0 bridgehead atoms. The molecule has 0 aromatic heterocycles. The van der Waals surface area contributed by atoms with Crippen molar-refractivity contribution >= 4 is 25.7 Å². The predicted molar refractivity (Wildman–Crippen MR) is 66.2 cm³/mol. The Bertz CT molecular complexity index is 731. The number of nitrogens with zero attached hydrogens (tertiary/aromatic N) is 1. The lowest BCUT2D eigenvalue weighted by molar-refractivity contribution is -0.387. The third-order valence-corrected chi connectivity index (χ3v) is 4.34. The van der Waals surface area contributed by atoms with Gasteiger partial charge in [-0.05, 0) is 6.07 Å². The Morgan fingerprint density at radius 2 is 1.90 bits per heavy atom. The molecule has 0 aliphatic carbocycles. The van der Waals surface area contributed by atoms with Crippen LogP contribution >= 0.6 is 0 Å². The van der Waals surface area contributed by atoms with Crippen LogP contribution in [0.4, 0.5) is 10.1 Å². The molecule has 0 atom stereocenters. The number of primary sulfonamides is 1. The molecule has 3 N–H and O–H groups in total. The molecular formula is C8H10FN3O6S2. The summed E-state index contributed by atoms with van der Waals surface area (Å²) in [7, 11) is -8.03. The Labute approximate surface area is 113 Å². The van der Waals surface area contributed by atoms with Gasteiger partial charge in [0.15, 0.2) is 0 Å². The van der Waals surface area contributed by atoms with E-state index in [0.717, 1.165) is 6.07 Å². The fraction of sp³-hybridized carbons (Fsp3) is 0.250. The summed E-state index contributed by atoms with van der Waals surface area (Å²) >= 11 is 0. The summed E-state index contributed by atoms with van der Waals surface area (Å²) in [6, 6.07) is 2.00. The van der Waals surface area contributed by atoms with E-state index >= 15 is 0 Å². The van der Waals surface area contributed by atoms with Crippen molar-refractivity contribution in [1.29, 1.82) is 0 Å². The van der Waals surface area contributed by atoms with Gasteiger partial charge in [-0.15, -0.1) is 0 Å². The molecule has 1 rings (SSSR count). The quantitative estimate of drug-likeness (QED) is 0.521. The van der Waals surface area contributed by atoms with Crippen molar-refractivity contribution < 1.29 is 26.1 Å². The first-order valence-electron chi connectivity index (χ1n) is 4.97. The van der Waals surface area contributed by atoms with Gasteiger partial charge in [-0.25, -0.2) is 26.7 Å². The van der Waals surface area contributed by atoms with Crippen molar-refractivity contribution in [3.8, 4) is 0 Å². The zero-order valence-electron chi connectivity index (χ0n) is 9.81. The smallest absolute Gasteiger partial charge is 0.258 e. The van der Waals surface area contributed by atoms with Crippen LogP contribution in [0.15, 0.2) is 23.1 Å². The standard InChI is InChI=1S/C8H10FN3O6S2/c9-7-5-6(1-2-8(7)12(13)14)20(17,18)11-3-4-19(10,15)16/h1-2,5,11H,3-4H2,(H2,10,15,16). The third-order valence-electron chi connectivity index (χ3n) is 2.10. The number of nitro benzene ring substituents is 1. The molecule has 1 aromatic carbocycles. The number of benzene rings is 1. The van der Waals surface area contributed by atoms with Crippen molar-refractivity contribution in [1.82, 2.24) is 4.72 Å². The summed E-state index contributed by atoms with van der Waals surface area (Å²) < 4.78 is 59.8. The fourth-order valence-electron chi connectivity index (χ4n) is 1.20. The average molecular weight is 327 g/mol. The van der Waals surface area contributed by atoms with Crippen molar-refractivity contribution in [2.45, 2.75) is 4.90 Å². The molecule has 0 amide bonds. The highest BCUT2D eigenvalue weighted by Gasteiger charge is 2.20. The Morgan fingerprint density at radius 1 is 1.30 bits per heavy atom. The van der Waals surface area contributed by atoms with E-state index in [9.17, 15) is 31.3 Å². The first-order chi connectivity index (χ1) is 9.03. The van der Waals surface area contributed by atoms with Gasteiger partial charge in [-0.1, -0.05) is 0 Å². The first kappa shape index (κ1) is 16.4. The molecule has 20 heavy (non-hydrogen) atoms. The Balaban J connectivity index is 2.94. The number of hydrogen-bond acceptors (Lipinski definition) is 6. The molecule has 1 aromatic rings. The van der Waals surface area contributed by atoms with Crippen molar-refractivity contribution in [3.63, 3.8) is 0 Å². The molecule has 0 unspecified atom stereocenters. The van der Waals surface area contributed by atoms with Crippen molar-refractivity contribution in [2.75, 3.05) is 12.3 Å².